The largest absolute Gasteiger partial charge is 0.456 e. The highest BCUT2D eigenvalue weighted by Gasteiger charge is 2.60. The molecule has 1 aromatic carbocycles. The van der Waals surface area contributed by atoms with Crippen molar-refractivity contribution in [1.29, 1.82) is 0 Å². The van der Waals surface area contributed by atoms with Crippen LogP contribution >= 0.6 is 11.8 Å². The first-order valence-corrected chi connectivity index (χ1v) is 11.7. The van der Waals surface area contributed by atoms with E-state index in [0.29, 0.717) is 33.1 Å². The number of nitro benzene ring substituents is 1. The highest BCUT2D eigenvalue weighted by Crippen LogP contribution is 2.64. The minimum atomic E-state index is -0.446. The summed E-state index contributed by atoms with van der Waals surface area (Å²) in [5, 5.41) is 23.4. The molecule has 33 heavy (non-hydrogen) atoms. The molecule has 1 N–H and O–H groups in total. The lowest BCUT2D eigenvalue weighted by molar-refractivity contribution is -0.384. The van der Waals surface area contributed by atoms with Gasteiger partial charge >= 0.3 is 0 Å². The number of thioether (sulfide) groups is 1. The average molecular weight is 465 g/mol. The van der Waals surface area contributed by atoms with Gasteiger partial charge in [-0.3, -0.25) is 20.2 Å². The molecule has 9 heteroatoms. The maximum absolute atomic E-state index is 12.4. The van der Waals surface area contributed by atoms with E-state index in [4.69, 9.17) is 4.42 Å². The summed E-state index contributed by atoms with van der Waals surface area (Å²) in [6, 6.07) is 9.72. The van der Waals surface area contributed by atoms with Crippen molar-refractivity contribution in [2.45, 2.75) is 40.0 Å². The zero-order valence-electron chi connectivity index (χ0n) is 18.6. The zero-order valence-corrected chi connectivity index (χ0v) is 19.4. The van der Waals surface area contributed by atoms with Crippen LogP contribution in [-0.4, -0.2) is 21.7 Å². The summed E-state index contributed by atoms with van der Waals surface area (Å²) in [5.74, 6) is 1.15. The minimum Gasteiger partial charge on any atom is -0.456 e. The number of nitro groups is 1. The first-order chi connectivity index (χ1) is 15.7. The van der Waals surface area contributed by atoms with Gasteiger partial charge in [0, 0.05) is 23.3 Å². The molecule has 2 heterocycles. The van der Waals surface area contributed by atoms with Crippen LogP contribution in [0.1, 0.15) is 45.8 Å². The molecule has 3 fully saturated rings. The number of furan rings is 1. The summed E-state index contributed by atoms with van der Waals surface area (Å²) >= 11 is 1.20. The Morgan fingerprint density at radius 2 is 2.00 bits per heavy atom. The number of benzene rings is 1. The van der Waals surface area contributed by atoms with Crippen LogP contribution in [0.2, 0.25) is 0 Å². The predicted octanol–water partition coefficient (Wildman–Crippen LogP) is 5.62. The predicted molar refractivity (Wildman–Crippen MR) is 129 cm³/mol. The number of carbonyl (C=O) groups is 1. The van der Waals surface area contributed by atoms with Crippen LogP contribution in [0.5, 0.6) is 0 Å². The van der Waals surface area contributed by atoms with Gasteiger partial charge in [-0.15, -0.1) is 5.10 Å². The molecule has 1 amide bonds. The minimum absolute atomic E-state index is 0.0370. The molecule has 8 nitrogen and oxygen atoms in total. The third kappa shape index (κ3) is 3.51. The van der Waals surface area contributed by atoms with Crippen LogP contribution in [0, 0.1) is 26.9 Å². The number of hydrogen-bond acceptors (Lipinski definition) is 7. The molecule has 2 unspecified atom stereocenters. The summed E-state index contributed by atoms with van der Waals surface area (Å²) in [4.78, 5) is 23.7. The summed E-state index contributed by atoms with van der Waals surface area (Å²) in [6.45, 7) is 6.90. The Balaban J connectivity index is 1.35. The molecule has 2 atom stereocenters. The molecule has 1 aliphatic heterocycles. The fourth-order valence-corrected chi connectivity index (χ4v) is 5.96. The van der Waals surface area contributed by atoms with E-state index in [1.165, 1.54) is 24.2 Å². The molecule has 1 saturated heterocycles. The van der Waals surface area contributed by atoms with Gasteiger partial charge in [-0.1, -0.05) is 32.9 Å². The van der Waals surface area contributed by atoms with Crippen molar-refractivity contribution in [3.8, 4) is 11.3 Å². The molecule has 2 aliphatic carbocycles. The van der Waals surface area contributed by atoms with Crippen LogP contribution in [-0.2, 0) is 4.79 Å². The van der Waals surface area contributed by atoms with Crippen molar-refractivity contribution in [3.05, 3.63) is 57.2 Å². The zero-order chi connectivity index (χ0) is 23.4. The van der Waals surface area contributed by atoms with Gasteiger partial charge in [-0.25, -0.2) is 0 Å². The number of nitrogens with one attached hydrogen (secondary N) is 1. The topological polar surface area (TPSA) is 110 Å². The Morgan fingerprint density at radius 1 is 1.21 bits per heavy atom. The van der Waals surface area contributed by atoms with E-state index >= 15 is 0 Å². The smallest absolute Gasteiger partial charge is 0.280 e. The van der Waals surface area contributed by atoms with Crippen LogP contribution in [0.3, 0.4) is 0 Å². The van der Waals surface area contributed by atoms with Gasteiger partial charge in [-0.05, 0) is 60.6 Å². The normalized spacial score (nSPS) is 29.4. The fourth-order valence-electron chi connectivity index (χ4n) is 5.21. The number of amides is 1. The number of carbonyl (C=O) groups excluding carboxylic acids is 1. The first kappa shape index (κ1) is 21.6. The molecule has 1 aromatic heterocycles. The Morgan fingerprint density at radius 3 is 2.70 bits per heavy atom. The van der Waals surface area contributed by atoms with Gasteiger partial charge in [0.1, 0.15) is 11.5 Å². The van der Waals surface area contributed by atoms with Crippen molar-refractivity contribution in [2.75, 3.05) is 0 Å². The third-order valence-corrected chi connectivity index (χ3v) is 8.59. The maximum Gasteiger partial charge on any atom is 0.280 e. The average Bonchev–Trinajstić information content (AvgIpc) is 3.48. The number of para-hydroxylation sites is 1. The number of hydrogen-bond donors (Lipinski definition) is 1. The van der Waals surface area contributed by atoms with E-state index in [-0.39, 0.29) is 22.4 Å². The standard InChI is InChI=1S/C24H24N4O4S/c1-23(2)14-10-11-24(23,3)20(12-14)26-27-22-25-21(29)19(33-22)13-15-8-9-18(32-15)16-6-4-5-7-17(16)28(30)31/h4-9,13-14H,10-12H2,1-3H3,(H,25,27,29)/b19-13-,26-20+. The molecular weight excluding hydrogens is 440 g/mol. The van der Waals surface area contributed by atoms with Gasteiger partial charge in [0.15, 0.2) is 5.17 Å². The quantitative estimate of drug-likeness (QED) is 0.359. The van der Waals surface area contributed by atoms with Gasteiger partial charge in [0.05, 0.1) is 15.4 Å². The molecule has 2 bridgehead atoms. The molecule has 0 spiro atoms. The molecular formula is C24H24N4O4S. The van der Waals surface area contributed by atoms with E-state index in [1.54, 1.807) is 36.4 Å². The highest BCUT2D eigenvalue weighted by molar-refractivity contribution is 8.18. The van der Waals surface area contributed by atoms with Crippen LogP contribution in [0.4, 0.5) is 5.69 Å². The lowest BCUT2D eigenvalue weighted by Gasteiger charge is -2.34. The second-order valence-corrected chi connectivity index (χ2v) is 10.5. The Hall–Kier alpha value is -3.20. The van der Waals surface area contributed by atoms with Gasteiger partial charge in [0.2, 0.25) is 0 Å². The first-order valence-electron chi connectivity index (χ1n) is 10.9. The molecule has 2 saturated carbocycles. The van der Waals surface area contributed by atoms with E-state index in [0.717, 1.165) is 18.6 Å². The molecule has 3 aliphatic rings. The highest BCUT2D eigenvalue weighted by atomic mass is 32.2. The van der Waals surface area contributed by atoms with Crippen molar-refractivity contribution < 1.29 is 14.1 Å². The van der Waals surface area contributed by atoms with Crippen LogP contribution in [0.15, 0.2) is 55.9 Å². The maximum atomic E-state index is 12.4. The summed E-state index contributed by atoms with van der Waals surface area (Å²) < 4.78 is 5.78. The Labute approximate surface area is 195 Å². The van der Waals surface area contributed by atoms with Gasteiger partial charge in [0.25, 0.3) is 11.6 Å². The number of fused-ring (bicyclic) bond motifs is 2. The lowest BCUT2D eigenvalue weighted by atomic mass is 9.70. The second-order valence-electron chi connectivity index (χ2n) is 9.49. The summed E-state index contributed by atoms with van der Waals surface area (Å²) in [7, 11) is 0. The van der Waals surface area contributed by atoms with Gasteiger partial charge in [-0.2, -0.15) is 5.10 Å². The molecule has 2 aromatic rings. The fraction of sp³-hybridized carbons (Fsp3) is 0.375. The van der Waals surface area contributed by atoms with Crippen molar-refractivity contribution >= 4 is 40.3 Å². The number of amidine groups is 1. The molecule has 170 valence electrons. The van der Waals surface area contributed by atoms with Crippen molar-refractivity contribution in [1.82, 2.24) is 5.32 Å². The van der Waals surface area contributed by atoms with Crippen molar-refractivity contribution in [3.63, 3.8) is 0 Å². The SMILES string of the molecule is CC12CCC(C/C1=N\N=C1/NC(=O)/C(=C/c3ccc(-c4ccccc4[N+](=O)[O-])o3)S1)C2(C)C. The monoisotopic (exact) mass is 464 g/mol. The molecule has 0 radical (unpaired) electrons. The van der Waals surface area contributed by atoms with Gasteiger partial charge < -0.3 is 4.42 Å². The summed E-state index contributed by atoms with van der Waals surface area (Å²) in [6.07, 6.45) is 4.92. The van der Waals surface area contributed by atoms with Crippen molar-refractivity contribution in [2.24, 2.45) is 27.0 Å². The van der Waals surface area contributed by atoms with E-state index < -0.39 is 4.92 Å². The lowest BCUT2D eigenvalue weighted by Crippen LogP contribution is -2.32. The van der Waals surface area contributed by atoms with E-state index in [2.05, 4.69) is 36.3 Å². The Kier molecular flexibility index (Phi) is 5.04. The van der Waals surface area contributed by atoms with E-state index in [9.17, 15) is 14.9 Å². The Bertz CT molecular complexity index is 1260. The molecule has 5 rings (SSSR count). The third-order valence-electron chi connectivity index (χ3n) is 7.69. The number of rotatable bonds is 4. The number of nitrogens with zero attached hydrogens (tertiary/aromatic N) is 3. The van der Waals surface area contributed by atoms with Crippen LogP contribution < -0.4 is 5.32 Å². The van der Waals surface area contributed by atoms with Crippen LogP contribution in [0.25, 0.3) is 17.4 Å². The second kappa shape index (κ2) is 7.69. The summed E-state index contributed by atoms with van der Waals surface area (Å²) in [5.41, 5.74) is 1.73. The van der Waals surface area contributed by atoms with E-state index in [1.807, 2.05) is 0 Å².